The molecule has 0 amide bonds. The molecule has 0 atom stereocenters. The van der Waals surface area contributed by atoms with Crippen molar-refractivity contribution in [2.75, 3.05) is 44.8 Å². The third-order valence-corrected chi connectivity index (χ3v) is 6.42. The van der Waals surface area contributed by atoms with Gasteiger partial charge in [-0.15, -0.1) is 0 Å². The van der Waals surface area contributed by atoms with E-state index in [-0.39, 0.29) is 0 Å². The van der Waals surface area contributed by atoms with Crippen LogP contribution in [0, 0.1) is 17.0 Å². The summed E-state index contributed by atoms with van der Waals surface area (Å²) in [4.78, 5) is 18.7. The predicted molar refractivity (Wildman–Crippen MR) is 129 cm³/mol. The first-order chi connectivity index (χ1) is 17.0. The first kappa shape index (κ1) is 23.2. The van der Waals surface area contributed by atoms with Crippen LogP contribution in [0.1, 0.15) is 23.7 Å². The van der Waals surface area contributed by atoms with Crippen molar-refractivity contribution in [1.29, 1.82) is 0 Å². The molecule has 7 nitrogen and oxygen atoms in total. The van der Waals surface area contributed by atoms with Crippen LogP contribution in [0.25, 0.3) is 0 Å². The van der Waals surface area contributed by atoms with Gasteiger partial charge in [-0.1, -0.05) is 11.2 Å². The largest absolute Gasteiger partial charge is 0.495 e. The minimum absolute atomic E-state index is 0.334. The van der Waals surface area contributed by atoms with Crippen molar-refractivity contribution in [1.82, 2.24) is 14.9 Å². The van der Waals surface area contributed by atoms with E-state index in [1.807, 2.05) is 24.4 Å². The molecule has 2 aliphatic rings. The Morgan fingerprint density at radius 1 is 1.03 bits per heavy atom. The van der Waals surface area contributed by atoms with Crippen LogP contribution >= 0.6 is 0 Å². The summed E-state index contributed by atoms with van der Waals surface area (Å²) in [5.74, 6) is -1.07. The molecule has 0 unspecified atom stereocenters. The van der Waals surface area contributed by atoms with E-state index in [0.29, 0.717) is 29.0 Å². The average molecular weight is 480 g/mol. The number of likely N-dealkylation sites (tertiary alicyclic amines) is 1. The van der Waals surface area contributed by atoms with Gasteiger partial charge >= 0.3 is 0 Å². The normalized spacial score (nSPS) is 17.1. The zero-order valence-electron chi connectivity index (χ0n) is 19.7. The molecule has 2 saturated heterocycles. The van der Waals surface area contributed by atoms with E-state index in [4.69, 9.17) is 9.57 Å². The molecule has 35 heavy (non-hydrogen) atoms. The predicted octanol–water partition coefficient (Wildman–Crippen LogP) is 3.87. The summed E-state index contributed by atoms with van der Waals surface area (Å²) >= 11 is 0. The Labute approximate surface area is 203 Å². The number of ether oxygens (including phenoxy) is 1. The van der Waals surface area contributed by atoms with Gasteiger partial charge < -0.3 is 14.5 Å². The van der Waals surface area contributed by atoms with Gasteiger partial charge in [-0.3, -0.25) is 14.9 Å². The van der Waals surface area contributed by atoms with Gasteiger partial charge in [0.2, 0.25) is 0 Å². The van der Waals surface area contributed by atoms with Crippen molar-refractivity contribution in [3.63, 3.8) is 0 Å². The molecular weight excluding hydrogens is 452 g/mol. The van der Waals surface area contributed by atoms with Gasteiger partial charge in [-0.05, 0) is 36.8 Å². The highest BCUT2D eigenvalue weighted by molar-refractivity contribution is 6.11. The summed E-state index contributed by atoms with van der Waals surface area (Å²) in [7, 11) is 1.65. The van der Waals surface area contributed by atoms with Crippen molar-refractivity contribution in [3.05, 3.63) is 83.4 Å². The van der Waals surface area contributed by atoms with Crippen molar-refractivity contribution in [3.8, 4) is 5.75 Å². The Balaban J connectivity index is 1.19. The first-order valence-corrected chi connectivity index (χ1v) is 11.6. The van der Waals surface area contributed by atoms with E-state index in [9.17, 15) is 8.78 Å². The average Bonchev–Trinajstić information content (AvgIpc) is 2.83. The molecule has 0 radical (unpaired) electrons. The highest BCUT2D eigenvalue weighted by Gasteiger charge is 2.51. The molecule has 0 bridgehead atoms. The number of nitrogens with zero attached hydrogens (tertiary/aromatic N) is 5. The van der Waals surface area contributed by atoms with Crippen molar-refractivity contribution in [2.45, 2.75) is 13.5 Å². The fourth-order valence-corrected chi connectivity index (χ4v) is 4.79. The van der Waals surface area contributed by atoms with Crippen LogP contribution in [-0.4, -0.2) is 60.5 Å². The van der Waals surface area contributed by atoms with Crippen LogP contribution in [0.15, 0.2) is 60.1 Å². The Bertz CT molecular complexity index is 1220. The lowest BCUT2D eigenvalue weighted by molar-refractivity contribution is -0.0274. The molecule has 1 spiro atoms. The lowest BCUT2D eigenvalue weighted by Crippen LogP contribution is -2.71. The minimum atomic E-state index is -0.938. The number of pyridine rings is 2. The quantitative estimate of drug-likeness (QED) is 0.361. The van der Waals surface area contributed by atoms with Gasteiger partial charge in [0.1, 0.15) is 18.1 Å². The molecule has 9 heteroatoms. The molecule has 4 heterocycles. The number of hydrogen-bond donors (Lipinski definition) is 0. The van der Waals surface area contributed by atoms with Gasteiger partial charge in [0.15, 0.2) is 11.6 Å². The van der Waals surface area contributed by atoms with E-state index in [1.165, 1.54) is 6.07 Å². The number of aromatic nitrogens is 2. The third kappa shape index (κ3) is 4.81. The molecule has 2 aliphatic heterocycles. The topological polar surface area (TPSA) is 63.1 Å². The summed E-state index contributed by atoms with van der Waals surface area (Å²) in [6, 6.07) is 9.49. The number of oxime groups is 1. The van der Waals surface area contributed by atoms with E-state index in [2.05, 4.69) is 24.9 Å². The van der Waals surface area contributed by atoms with Gasteiger partial charge in [-0.25, -0.2) is 8.78 Å². The minimum Gasteiger partial charge on any atom is -0.495 e. The second-order valence-corrected chi connectivity index (χ2v) is 9.12. The number of halogens is 2. The van der Waals surface area contributed by atoms with E-state index in [1.54, 1.807) is 26.4 Å². The highest BCUT2D eigenvalue weighted by atomic mass is 19.2. The fourth-order valence-electron chi connectivity index (χ4n) is 4.79. The number of hydrogen-bond acceptors (Lipinski definition) is 7. The molecule has 0 saturated carbocycles. The fraction of sp³-hybridized carbons (Fsp3) is 0.346. The Morgan fingerprint density at radius 3 is 2.54 bits per heavy atom. The number of benzene rings is 1. The standard InChI is InChI=1S/C26H27F2N5O2/c1-3-35-31-25(19-5-6-22(27)23(28)8-19)24-7-4-18(10-30-24)13-32-14-26(15-32)16-33(17-26)20-9-21(34-2)12-29-11-20/h4-12H,3,13-17H2,1-2H3/b31-25+. The van der Waals surface area contributed by atoms with Gasteiger partial charge in [-0.2, -0.15) is 0 Å². The van der Waals surface area contributed by atoms with Crippen LogP contribution in [-0.2, 0) is 11.4 Å². The summed E-state index contributed by atoms with van der Waals surface area (Å²) in [6.07, 6.45) is 5.40. The molecule has 5 rings (SSSR count). The monoisotopic (exact) mass is 479 g/mol. The molecule has 0 N–H and O–H groups in total. The Kier molecular flexibility index (Phi) is 6.34. The smallest absolute Gasteiger partial charge is 0.159 e. The van der Waals surface area contributed by atoms with Crippen LogP contribution < -0.4 is 9.64 Å². The molecule has 2 aromatic heterocycles. The van der Waals surface area contributed by atoms with E-state index >= 15 is 0 Å². The van der Waals surface area contributed by atoms with Gasteiger partial charge in [0, 0.05) is 56.0 Å². The molecular formula is C26H27F2N5O2. The number of methoxy groups -OCH3 is 1. The van der Waals surface area contributed by atoms with Crippen LogP contribution in [0.4, 0.5) is 14.5 Å². The van der Waals surface area contributed by atoms with Gasteiger partial charge in [0.25, 0.3) is 0 Å². The van der Waals surface area contributed by atoms with Crippen molar-refractivity contribution >= 4 is 11.4 Å². The SMILES string of the molecule is CCO/N=C(\c1ccc(F)c(F)c1)c1ccc(CN2CC3(C2)CN(c2cncc(OC)c2)C3)cn1. The summed E-state index contributed by atoms with van der Waals surface area (Å²) < 4.78 is 32.4. The summed E-state index contributed by atoms with van der Waals surface area (Å²) in [5.41, 5.74) is 3.82. The van der Waals surface area contributed by atoms with Crippen molar-refractivity contribution < 1.29 is 18.4 Å². The summed E-state index contributed by atoms with van der Waals surface area (Å²) in [6.45, 7) is 7.06. The van der Waals surface area contributed by atoms with E-state index < -0.39 is 11.6 Å². The van der Waals surface area contributed by atoms with Crippen LogP contribution in [0.2, 0.25) is 0 Å². The lowest BCUT2D eigenvalue weighted by Gasteiger charge is -2.61. The highest BCUT2D eigenvalue weighted by Crippen LogP contribution is 2.42. The molecule has 3 aromatic rings. The number of anilines is 1. The summed E-state index contributed by atoms with van der Waals surface area (Å²) in [5, 5.41) is 4.09. The van der Waals surface area contributed by atoms with Gasteiger partial charge in [0.05, 0.1) is 30.9 Å². The van der Waals surface area contributed by atoms with Crippen molar-refractivity contribution in [2.24, 2.45) is 10.6 Å². The second-order valence-electron chi connectivity index (χ2n) is 9.12. The number of rotatable bonds is 8. The maximum absolute atomic E-state index is 13.8. The van der Waals surface area contributed by atoms with E-state index in [0.717, 1.165) is 61.9 Å². The molecule has 182 valence electrons. The maximum Gasteiger partial charge on any atom is 0.159 e. The maximum atomic E-state index is 13.8. The lowest BCUT2D eigenvalue weighted by atomic mass is 9.72. The molecule has 0 aliphatic carbocycles. The zero-order chi connectivity index (χ0) is 24.4. The van der Waals surface area contributed by atoms with Crippen LogP contribution in [0.5, 0.6) is 5.75 Å². The second kappa shape index (κ2) is 9.58. The Morgan fingerprint density at radius 2 is 1.86 bits per heavy atom. The molecule has 2 fully saturated rings. The first-order valence-electron chi connectivity index (χ1n) is 11.6. The molecule has 1 aromatic carbocycles. The van der Waals surface area contributed by atoms with Crippen LogP contribution in [0.3, 0.4) is 0 Å². The third-order valence-electron chi connectivity index (χ3n) is 6.42. The zero-order valence-corrected chi connectivity index (χ0v) is 19.7. The Hall–Kier alpha value is -3.59.